The van der Waals surface area contributed by atoms with Crippen molar-refractivity contribution in [3.8, 4) is 0 Å². The van der Waals surface area contributed by atoms with E-state index in [-0.39, 0.29) is 48.1 Å². The maximum absolute atomic E-state index is 11.7. The molecule has 2 aliphatic heterocycles. The summed E-state index contributed by atoms with van der Waals surface area (Å²) < 4.78 is 11.3. The van der Waals surface area contributed by atoms with Crippen LogP contribution in [-0.4, -0.2) is 40.8 Å². The molecule has 1 aliphatic carbocycles. The predicted octanol–water partition coefficient (Wildman–Crippen LogP) is 1.07. The summed E-state index contributed by atoms with van der Waals surface area (Å²) in [6.07, 6.45) is 0.683. The van der Waals surface area contributed by atoms with Gasteiger partial charge in [0.2, 0.25) is 0 Å². The van der Waals surface area contributed by atoms with Crippen molar-refractivity contribution in [2.75, 3.05) is 0 Å². The van der Waals surface area contributed by atoms with Crippen LogP contribution in [0.25, 0.3) is 0 Å². The number of Topliss-reactive ketones (excluding diaryl/α,β-unsaturated/α-hetero) is 1. The number of fused-ring (bicyclic) bond motifs is 2. The molecule has 5 nitrogen and oxygen atoms in total. The Labute approximate surface area is 118 Å². The first-order chi connectivity index (χ1) is 9.36. The molecule has 0 aromatic rings. The number of epoxide rings is 1. The van der Waals surface area contributed by atoms with E-state index in [2.05, 4.69) is 0 Å². The van der Waals surface area contributed by atoms with E-state index in [1.165, 1.54) is 6.92 Å². The topological polar surface area (TPSA) is 76.1 Å². The van der Waals surface area contributed by atoms with E-state index in [9.17, 15) is 14.7 Å². The van der Waals surface area contributed by atoms with Crippen LogP contribution in [0.15, 0.2) is 0 Å². The number of carbonyl (C=O) groups is 2. The standard InChI is InChI=1S/C15H22O5/c1-7-4-11-10(9(3)14(18)19-11)6-13-15(7,20-13)12(17)5-8(2)16/h7,9-13,17H,4-6H2,1-3H3/t7-,9-,10+,11+,12-,13+,15+/m0/s1. The lowest BCUT2D eigenvalue weighted by Gasteiger charge is -2.26. The Balaban J connectivity index is 1.79. The molecule has 3 aliphatic rings. The normalized spacial score (nSPS) is 47.8. The Morgan fingerprint density at radius 1 is 1.45 bits per heavy atom. The highest BCUT2D eigenvalue weighted by atomic mass is 16.6. The Hall–Kier alpha value is -0.940. The molecule has 0 aromatic carbocycles. The number of aliphatic hydroxyl groups is 1. The predicted molar refractivity (Wildman–Crippen MR) is 69.8 cm³/mol. The second kappa shape index (κ2) is 4.53. The average Bonchev–Trinajstić information content (AvgIpc) is 3.03. The summed E-state index contributed by atoms with van der Waals surface area (Å²) in [5.41, 5.74) is -0.609. The van der Waals surface area contributed by atoms with E-state index < -0.39 is 11.7 Å². The second-order valence-electron chi connectivity index (χ2n) is 6.68. The lowest BCUT2D eigenvalue weighted by Crippen LogP contribution is -2.39. The number of hydrogen-bond donors (Lipinski definition) is 1. The van der Waals surface area contributed by atoms with Crippen LogP contribution >= 0.6 is 0 Å². The van der Waals surface area contributed by atoms with Crippen molar-refractivity contribution in [3.05, 3.63) is 0 Å². The van der Waals surface area contributed by atoms with Crippen molar-refractivity contribution < 1.29 is 24.2 Å². The van der Waals surface area contributed by atoms with Gasteiger partial charge < -0.3 is 14.6 Å². The van der Waals surface area contributed by atoms with Crippen LogP contribution in [0.4, 0.5) is 0 Å². The van der Waals surface area contributed by atoms with E-state index in [0.717, 1.165) is 6.42 Å². The van der Waals surface area contributed by atoms with Crippen LogP contribution in [0.5, 0.6) is 0 Å². The Morgan fingerprint density at radius 3 is 2.80 bits per heavy atom. The van der Waals surface area contributed by atoms with Crippen molar-refractivity contribution in [2.24, 2.45) is 17.8 Å². The first kappa shape index (κ1) is 14.0. The van der Waals surface area contributed by atoms with E-state index in [0.29, 0.717) is 6.42 Å². The molecule has 3 fully saturated rings. The molecule has 2 heterocycles. The van der Waals surface area contributed by atoms with E-state index in [4.69, 9.17) is 9.47 Å². The number of ketones is 1. The smallest absolute Gasteiger partial charge is 0.309 e. The zero-order valence-electron chi connectivity index (χ0n) is 12.2. The summed E-state index contributed by atoms with van der Waals surface area (Å²) in [4.78, 5) is 22.9. The molecule has 0 aromatic heterocycles. The highest BCUT2D eigenvalue weighted by molar-refractivity contribution is 5.76. The van der Waals surface area contributed by atoms with Gasteiger partial charge in [-0.25, -0.2) is 0 Å². The quantitative estimate of drug-likeness (QED) is 0.619. The molecule has 0 bridgehead atoms. The number of ether oxygens (including phenoxy) is 2. The fourth-order valence-corrected chi connectivity index (χ4v) is 4.13. The highest BCUT2D eigenvalue weighted by Gasteiger charge is 2.68. The molecule has 1 saturated carbocycles. The summed E-state index contributed by atoms with van der Waals surface area (Å²) in [6, 6.07) is 0. The van der Waals surface area contributed by atoms with Gasteiger partial charge in [-0.2, -0.15) is 0 Å². The molecule has 5 heteroatoms. The molecule has 1 N–H and O–H groups in total. The molecule has 0 amide bonds. The van der Waals surface area contributed by atoms with Crippen molar-refractivity contribution >= 4 is 11.8 Å². The van der Waals surface area contributed by atoms with Gasteiger partial charge in [-0.1, -0.05) is 13.8 Å². The van der Waals surface area contributed by atoms with Crippen LogP contribution < -0.4 is 0 Å². The maximum Gasteiger partial charge on any atom is 0.309 e. The molecule has 7 atom stereocenters. The molecule has 0 radical (unpaired) electrons. The molecule has 20 heavy (non-hydrogen) atoms. The third-order valence-corrected chi connectivity index (χ3v) is 5.40. The SMILES string of the molecule is CC(=O)C[C@H](O)[C@@]12O[C@@H]1C[C@@H]1[C@H](C)C(=O)O[C@@H]1C[C@@H]2C. The number of rotatable bonds is 3. The minimum absolute atomic E-state index is 0.0300. The summed E-state index contributed by atoms with van der Waals surface area (Å²) in [5.74, 6) is -0.00171. The molecular weight excluding hydrogens is 260 g/mol. The van der Waals surface area contributed by atoms with E-state index >= 15 is 0 Å². The van der Waals surface area contributed by atoms with Gasteiger partial charge >= 0.3 is 5.97 Å². The minimum atomic E-state index is -0.759. The third kappa shape index (κ3) is 1.91. The average molecular weight is 282 g/mol. The first-order valence-electron chi connectivity index (χ1n) is 7.42. The largest absolute Gasteiger partial charge is 0.462 e. The summed E-state index contributed by atoms with van der Waals surface area (Å²) in [7, 11) is 0. The zero-order valence-corrected chi connectivity index (χ0v) is 12.2. The van der Waals surface area contributed by atoms with Crippen LogP contribution in [0.3, 0.4) is 0 Å². The van der Waals surface area contributed by atoms with Gasteiger partial charge in [0.05, 0.1) is 18.1 Å². The van der Waals surface area contributed by atoms with Crippen molar-refractivity contribution in [1.82, 2.24) is 0 Å². The summed E-state index contributed by atoms with van der Waals surface area (Å²) >= 11 is 0. The zero-order chi connectivity index (χ0) is 14.7. The van der Waals surface area contributed by atoms with Crippen LogP contribution in [0.1, 0.15) is 40.0 Å². The number of carbonyl (C=O) groups excluding carboxylic acids is 2. The molecule has 3 rings (SSSR count). The lowest BCUT2D eigenvalue weighted by atomic mass is 9.82. The number of hydrogen-bond acceptors (Lipinski definition) is 5. The van der Waals surface area contributed by atoms with E-state index in [1.54, 1.807) is 0 Å². The van der Waals surface area contributed by atoms with Gasteiger partial charge in [0.25, 0.3) is 0 Å². The van der Waals surface area contributed by atoms with Gasteiger partial charge in [-0.3, -0.25) is 9.59 Å². The molecule has 2 saturated heterocycles. The highest BCUT2D eigenvalue weighted by Crippen LogP contribution is 2.56. The van der Waals surface area contributed by atoms with Crippen LogP contribution in [0, 0.1) is 17.8 Å². The second-order valence-corrected chi connectivity index (χ2v) is 6.68. The summed E-state index contributed by atoms with van der Waals surface area (Å²) in [6.45, 7) is 5.40. The fraction of sp³-hybridized carbons (Fsp3) is 0.867. The van der Waals surface area contributed by atoms with E-state index in [1.807, 2.05) is 13.8 Å². The van der Waals surface area contributed by atoms with Gasteiger partial charge in [-0.05, 0) is 25.7 Å². The van der Waals surface area contributed by atoms with Gasteiger partial charge in [0, 0.05) is 12.3 Å². The Bertz CT molecular complexity index is 448. The van der Waals surface area contributed by atoms with Crippen molar-refractivity contribution in [2.45, 2.75) is 63.9 Å². The Kier molecular flexibility index (Phi) is 3.18. The van der Waals surface area contributed by atoms with Crippen LogP contribution in [-0.2, 0) is 19.1 Å². The maximum atomic E-state index is 11.7. The number of aliphatic hydroxyl groups excluding tert-OH is 1. The monoisotopic (exact) mass is 282 g/mol. The molecule has 112 valence electrons. The minimum Gasteiger partial charge on any atom is -0.462 e. The van der Waals surface area contributed by atoms with Crippen LogP contribution in [0.2, 0.25) is 0 Å². The van der Waals surface area contributed by atoms with Crippen molar-refractivity contribution in [3.63, 3.8) is 0 Å². The van der Waals surface area contributed by atoms with Gasteiger partial charge in [0.1, 0.15) is 17.5 Å². The molecule has 0 spiro atoms. The summed E-state index contributed by atoms with van der Waals surface area (Å²) in [5, 5.41) is 10.4. The van der Waals surface area contributed by atoms with Gasteiger partial charge in [-0.15, -0.1) is 0 Å². The Morgan fingerprint density at radius 2 is 2.15 bits per heavy atom. The molecular formula is C15H22O5. The van der Waals surface area contributed by atoms with Gasteiger partial charge in [0.15, 0.2) is 0 Å². The lowest BCUT2D eigenvalue weighted by molar-refractivity contribution is -0.144. The first-order valence-corrected chi connectivity index (χ1v) is 7.42. The van der Waals surface area contributed by atoms with Crippen molar-refractivity contribution in [1.29, 1.82) is 0 Å². The molecule has 0 unspecified atom stereocenters. The number of esters is 1. The third-order valence-electron chi connectivity index (χ3n) is 5.40. The fourth-order valence-electron chi connectivity index (χ4n) is 4.13.